The fraction of sp³-hybridized carbons (Fsp3) is 0.400. The van der Waals surface area contributed by atoms with Crippen molar-refractivity contribution >= 4 is 16.0 Å². The molecule has 0 spiro atoms. The molecule has 0 amide bonds. The molecule has 19 heavy (non-hydrogen) atoms. The fourth-order valence-electron chi connectivity index (χ4n) is 1.86. The lowest BCUT2D eigenvalue weighted by molar-refractivity contribution is -0.142. The fourth-order valence-corrected chi connectivity index (χ4v) is 3.35. The van der Waals surface area contributed by atoms with Gasteiger partial charge in [0.1, 0.15) is 5.54 Å². The maximum Gasteiger partial charge on any atom is 0.325 e. The van der Waals surface area contributed by atoms with Crippen LogP contribution < -0.4 is 5.73 Å². The zero-order valence-electron chi connectivity index (χ0n) is 9.78. The number of nitrogens with two attached hydrogens (primary N) is 1. The average molecular weight is 289 g/mol. The summed E-state index contributed by atoms with van der Waals surface area (Å²) in [6.07, 6.45) is 1.12. The van der Waals surface area contributed by atoms with E-state index in [1.165, 1.54) is 6.07 Å². The Bertz CT molecular complexity index is 621. The predicted octanol–water partition coefficient (Wildman–Crippen LogP) is -0.603. The van der Waals surface area contributed by atoms with Gasteiger partial charge in [-0.15, -0.1) is 0 Å². The number of pyridine rings is 1. The van der Waals surface area contributed by atoms with Crippen LogP contribution in [0.3, 0.4) is 0 Å². The summed E-state index contributed by atoms with van der Waals surface area (Å²) < 4.78 is 38.6. The van der Waals surface area contributed by atoms with Gasteiger partial charge in [0.2, 0.25) is 5.03 Å². The highest BCUT2D eigenvalue weighted by Crippen LogP contribution is 2.26. The van der Waals surface area contributed by atoms with Crippen molar-refractivity contribution in [2.24, 2.45) is 5.73 Å². The third kappa shape index (κ3) is 2.31. The Hall–Kier alpha value is -1.58. The molecule has 2 rings (SSSR count). The molecule has 1 atom stereocenters. The molecule has 2 heterocycles. The van der Waals surface area contributed by atoms with E-state index in [-0.39, 0.29) is 13.0 Å². The van der Waals surface area contributed by atoms with Gasteiger partial charge in [-0.05, 0) is 18.6 Å². The van der Waals surface area contributed by atoms with Crippen LogP contribution in [0.4, 0.5) is 4.39 Å². The topological polar surface area (TPSA) is 114 Å². The third-order valence-electron chi connectivity index (χ3n) is 3.00. The molecule has 1 fully saturated rings. The molecule has 3 N–H and O–H groups in total. The standard InChI is InChI=1S/C10H12FN3O4S/c11-7-2-1-4-13-8(7)19(17,18)14-5-3-10(12,6-14)9(15)16/h1-2,4H,3,5-6,12H2,(H,15,16). The van der Waals surface area contributed by atoms with Gasteiger partial charge in [-0.25, -0.2) is 17.8 Å². The predicted molar refractivity (Wildman–Crippen MR) is 62.1 cm³/mol. The number of aliphatic carboxylic acids is 1. The maximum atomic E-state index is 13.5. The average Bonchev–Trinajstić information content (AvgIpc) is 2.74. The molecule has 9 heteroatoms. The van der Waals surface area contributed by atoms with Crippen LogP contribution in [-0.2, 0) is 14.8 Å². The van der Waals surface area contributed by atoms with Crippen molar-refractivity contribution in [3.63, 3.8) is 0 Å². The smallest absolute Gasteiger partial charge is 0.325 e. The second-order valence-electron chi connectivity index (χ2n) is 4.34. The summed E-state index contributed by atoms with van der Waals surface area (Å²) >= 11 is 0. The van der Waals surface area contributed by atoms with E-state index < -0.39 is 38.9 Å². The van der Waals surface area contributed by atoms with Gasteiger partial charge in [0, 0.05) is 19.3 Å². The number of carboxylic acids is 1. The van der Waals surface area contributed by atoms with Crippen LogP contribution in [0.5, 0.6) is 0 Å². The summed E-state index contributed by atoms with van der Waals surface area (Å²) in [5.74, 6) is -2.26. The van der Waals surface area contributed by atoms with Gasteiger partial charge < -0.3 is 10.8 Å². The SMILES string of the molecule is NC1(C(=O)O)CCN(S(=O)(=O)c2ncccc2F)C1. The van der Waals surface area contributed by atoms with Crippen molar-refractivity contribution in [3.8, 4) is 0 Å². The van der Waals surface area contributed by atoms with E-state index in [2.05, 4.69) is 4.98 Å². The van der Waals surface area contributed by atoms with Gasteiger partial charge in [0.25, 0.3) is 10.0 Å². The molecule has 1 aliphatic heterocycles. The summed E-state index contributed by atoms with van der Waals surface area (Å²) in [5.41, 5.74) is 3.94. The highest BCUT2D eigenvalue weighted by atomic mass is 32.2. The summed E-state index contributed by atoms with van der Waals surface area (Å²) in [5, 5.41) is 8.23. The molecule has 1 aromatic heterocycles. The first-order chi connectivity index (χ1) is 8.77. The summed E-state index contributed by atoms with van der Waals surface area (Å²) in [6.45, 7) is -0.484. The van der Waals surface area contributed by atoms with E-state index in [1.54, 1.807) is 0 Å². The number of sulfonamides is 1. The lowest BCUT2D eigenvalue weighted by atomic mass is 10.0. The minimum Gasteiger partial charge on any atom is -0.480 e. The Morgan fingerprint density at radius 1 is 1.58 bits per heavy atom. The van der Waals surface area contributed by atoms with Gasteiger partial charge in [0.15, 0.2) is 5.82 Å². The maximum absolute atomic E-state index is 13.5. The normalized spacial score (nSPS) is 24.5. The molecule has 7 nitrogen and oxygen atoms in total. The summed E-state index contributed by atoms with van der Waals surface area (Å²) in [4.78, 5) is 14.5. The second-order valence-corrected chi connectivity index (χ2v) is 6.19. The number of rotatable bonds is 3. The van der Waals surface area contributed by atoms with Crippen molar-refractivity contribution < 1.29 is 22.7 Å². The number of carbonyl (C=O) groups is 1. The minimum absolute atomic E-state index is 0.0317. The number of aromatic nitrogens is 1. The highest BCUT2D eigenvalue weighted by molar-refractivity contribution is 7.89. The zero-order chi connectivity index (χ0) is 14.3. The van der Waals surface area contributed by atoms with Gasteiger partial charge in [-0.2, -0.15) is 4.31 Å². The highest BCUT2D eigenvalue weighted by Gasteiger charge is 2.46. The van der Waals surface area contributed by atoms with Crippen LogP contribution in [0.2, 0.25) is 0 Å². The summed E-state index contributed by atoms with van der Waals surface area (Å²) in [6, 6.07) is 2.24. The molecule has 0 saturated carbocycles. The zero-order valence-corrected chi connectivity index (χ0v) is 10.6. The first-order valence-electron chi connectivity index (χ1n) is 5.40. The van der Waals surface area contributed by atoms with E-state index in [1.807, 2.05) is 0 Å². The largest absolute Gasteiger partial charge is 0.480 e. The van der Waals surface area contributed by atoms with Crippen molar-refractivity contribution in [2.75, 3.05) is 13.1 Å². The van der Waals surface area contributed by atoms with Crippen LogP contribution in [0.1, 0.15) is 6.42 Å². The molecule has 1 saturated heterocycles. The second kappa shape index (κ2) is 4.51. The third-order valence-corrected chi connectivity index (χ3v) is 4.78. The number of carboxylic acid groups (broad SMARTS) is 1. The van der Waals surface area contributed by atoms with Gasteiger partial charge in [-0.1, -0.05) is 0 Å². The van der Waals surface area contributed by atoms with E-state index in [0.717, 1.165) is 16.6 Å². The van der Waals surface area contributed by atoms with E-state index in [4.69, 9.17) is 10.8 Å². The Kier molecular flexibility index (Phi) is 3.29. The Morgan fingerprint density at radius 2 is 2.26 bits per heavy atom. The van der Waals surface area contributed by atoms with Gasteiger partial charge in [-0.3, -0.25) is 4.79 Å². The Labute approximate surface area is 108 Å². The van der Waals surface area contributed by atoms with Crippen LogP contribution in [0.15, 0.2) is 23.4 Å². The molecular weight excluding hydrogens is 277 g/mol. The van der Waals surface area contributed by atoms with E-state index in [0.29, 0.717) is 0 Å². The van der Waals surface area contributed by atoms with Crippen LogP contribution in [0, 0.1) is 5.82 Å². The Balaban J connectivity index is 2.34. The molecule has 1 aromatic rings. The number of nitrogens with zero attached hydrogens (tertiary/aromatic N) is 2. The van der Waals surface area contributed by atoms with Crippen LogP contribution in [-0.4, -0.2) is 47.4 Å². The monoisotopic (exact) mass is 289 g/mol. The molecule has 0 radical (unpaired) electrons. The first kappa shape index (κ1) is 13.8. The molecule has 1 aliphatic rings. The molecule has 1 unspecified atom stereocenters. The van der Waals surface area contributed by atoms with E-state index in [9.17, 15) is 17.6 Å². The number of hydrogen-bond acceptors (Lipinski definition) is 5. The number of halogens is 1. The quantitative estimate of drug-likeness (QED) is 0.768. The first-order valence-corrected chi connectivity index (χ1v) is 6.84. The van der Waals surface area contributed by atoms with Gasteiger partial charge in [0.05, 0.1) is 0 Å². The summed E-state index contributed by atoms with van der Waals surface area (Å²) in [7, 11) is -4.17. The van der Waals surface area contributed by atoms with Crippen molar-refractivity contribution in [3.05, 3.63) is 24.1 Å². The minimum atomic E-state index is -4.17. The Morgan fingerprint density at radius 3 is 2.79 bits per heavy atom. The lowest BCUT2D eigenvalue weighted by Gasteiger charge is -2.19. The lowest BCUT2D eigenvalue weighted by Crippen LogP contribution is -2.50. The molecule has 0 aromatic carbocycles. The van der Waals surface area contributed by atoms with Crippen molar-refractivity contribution in [2.45, 2.75) is 17.0 Å². The molecule has 0 aliphatic carbocycles. The molecule has 104 valence electrons. The van der Waals surface area contributed by atoms with Crippen LogP contribution >= 0.6 is 0 Å². The molecular formula is C10H12FN3O4S. The molecule has 0 bridgehead atoms. The van der Waals surface area contributed by atoms with Crippen molar-refractivity contribution in [1.82, 2.24) is 9.29 Å². The van der Waals surface area contributed by atoms with Crippen molar-refractivity contribution in [1.29, 1.82) is 0 Å². The van der Waals surface area contributed by atoms with E-state index >= 15 is 0 Å². The van der Waals surface area contributed by atoms with Crippen LogP contribution in [0.25, 0.3) is 0 Å². The van der Waals surface area contributed by atoms with Gasteiger partial charge >= 0.3 is 5.97 Å². The number of hydrogen-bond donors (Lipinski definition) is 2.